The number of rotatable bonds is 6. The van der Waals surface area contributed by atoms with Crippen LogP contribution in [0.15, 0.2) is 46.0 Å². The lowest BCUT2D eigenvalue weighted by Crippen LogP contribution is -2.39. The Morgan fingerprint density at radius 2 is 1.82 bits per heavy atom. The minimum atomic E-state index is -3.85. The fourth-order valence-electron chi connectivity index (χ4n) is 1.59. The Morgan fingerprint density at radius 1 is 1.18 bits per heavy atom. The molecule has 0 radical (unpaired) electrons. The molecule has 118 valence electrons. The van der Waals surface area contributed by atoms with E-state index in [0.717, 1.165) is 11.3 Å². The third-order valence-corrected chi connectivity index (χ3v) is 5.48. The van der Waals surface area contributed by atoms with Gasteiger partial charge in [0.05, 0.1) is 7.11 Å². The number of amides is 1. The molecular formula is C14H15NO5S2. The van der Waals surface area contributed by atoms with Gasteiger partial charge in [-0.25, -0.2) is 13.1 Å². The van der Waals surface area contributed by atoms with Crippen molar-refractivity contribution in [3.63, 3.8) is 0 Å². The predicted octanol–water partition coefficient (Wildman–Crippen LogP) is 2.03. The van der Waals surface area contributed by atoms with Crippen molar-refractivity contribution in [2.75, 3.05) is 7.11 Å². The molecule has 0 aliphatic carbocycles. The molecule has 8 heteroatoms. The summed E-state index contributed by atoms with van der Waals surface area (Å²) in [6.07, 6.45) is -0.955. The Labute approximate surface area is 132 Å². The highest BCUT2D eigenvalue weighted by molar-refractivity contribution is 7.92. The predicted molar refractivity (Wildman–Crippen MR) is 82.7 cm³/mol. The summed E-state index contributed by atoms with van der Waals surface area (Å²) in [5.74, 6) is 0.367. The maximum Gasteiger partial charge on any atom is 0.274 e. The average molecular weight is 341 g/mol. The van der Waals surface area contributed by atoms with Crippen molar-refractivity contribution in [1.29, 1.82) is 0 Å². The Morgan fingerprint density at radius 3 is 2.36 bits per heavy atom. The smallest absolute Gasteiger partial charge is 0.274 e. The third-order valence-electron chi connectivity index (χ3n) is 2.74. The van der Waals surface area contributed by atoms with Crippen LogP contribution in [0.4, 0.5) is 0 Å². The first-order valence-corrected chi connectivity index (χ1v) is 8.69. The van der Waals surface area contributed by atoms with Crippen LogP contribution in [0, 0.1) is 0 Å². The molecule has 0 bridgehead atoms. The minimum absolute atomic E-state index is 0.0810. The number of hydrogen-bond acceptors (Lipinski definition) is 6. The van der Waals surface area contributed by atoms with Crippen LogP contribution in [0.3, 0.4) is 0 Å². The van der Waals surface area contributed by atoms with Gasteiger partial charge < -0.3 is 9.47 Å². The standard InChI is InChI=1S/C14H15NO5S2/c1-10(20-12-7-5-11(19-2)6-8-12)14(16)15-22(17,18)13-4-3-9-21-13/h3-10H,1-2H3,(H,15,16). The molecule has 1 aromatic heterocycles. The molecule has 0 fully saturated rings. The first kappa shape index (κ1) is 16.3. The summed E-state index contributed by atoms with van der Waals surface area (Å²) in [5, 5.41) is 1.62. The van der Waals surface area contributed by atoms with Gasteiger partial charge in [0.25, 0.3) is 15.9 Å². The number of sulfonamides is 1. The van der Waals surface area contributed by atoms with E-state index in [2.05, 4.69) is 0 Å². The number of thiophene rings is 1. The van der Waals surface area contributed by atoms with Gasteiger partial charge in [0, 0.05) is 0 Å². The van der Waals surface area contributed by atoms with E-state index in [9.17, 15) is 13.2 Å². The molecule has 1 aromatic carbocycles. The molecule has 1 N–H and O–H groups in total. The van der Waals surface area contributed by atoms with E-state index in [4.69, 9.17) is 9.47 Å². The zero-order valence-electron chi connectivity index (χ0n) is 12.0. The van der Waals surface area contributed by atoms with E-state index in [1.807, 2.05) is 4.72 Å². The molecule has 22 heavy (non-hydrogen) atoms. The Hall–Kier alpha value is -2.06. The first-order chi connectivity index (χ1) is 10.4. The quantitative estimate of drug-likeness (QED) is 0.869. The molecule has 2 rings (SSSR count). The first-order valence-electron chi connectivity index (χ1n) is 6.33. The largest absolute Gasteiger partial charge is 0.497 e. The molecule has 1 heterocycles. The van der Waals surface area contributed by atoms with Crippen LogP contribution in [0.2, 0.25) is 0 Å². The monoisotopic (exact) mass is 341 g/mol. The van der Waals surface area contributed by atoms with Gasteiger partial charge in [-0.2, -0.15) is 0 Å². The van der Waals surface area contributed by atoms with E-state index in [-0.39, 0.29) is 4.21 Å². The lowest BCUT2D eigenvalue weighted by atomic mass is 10.3. The van der Waals surface area contributed by atoms with Gasteiger partial charge in [-0.1, -0.05) is 6.07 Å². The Kier molecular flexibility index (Phi) is 5.04. The Balaban J connectivity index is 2.00. The number of methoxy groups -OCH3 is 1. The number of ether oxygens (including phenoxy) is 2. The zero-order valence-corrected chi connectivity index (χ0v) is 13.6. The topological polar surface area (TPSA) is 81.7 Å². The van der Waals surface area contributed by atoms with E-state index in [1.165, 1.54) is 13.0 Å². The number of benzene rings is 1. The fourth-order valence-corrected chi connectivity index (χ4v) is 3.63. The third kappa shape index (κ3) is 3.99. The summed E-state index contributed by atoms with van der Waals surface area (Å²) in [6.45, 7) is 1.48. The lowest BCUT2D eigenvalue weighted by molar-refractivity contribution is -0.125. The molecule has 0 aliphatic heterocycles. The lowest BCUT2D eigenvalue weighted by Gasteiger charge is -2.14. The van der Waals surface area contributed by atoms with Crippen LogP contribution in [0.25, 0.3) is 0 Å². The van der Waals surface area contributed by atoms with Crippen molar-refractivity contribution >= 4 is 27.3 Å². The maximum atomic E-state index is 12.0. The van der Waals surface area contributed by atoms with Crippen LogP contribution in [-0.2, 0) is 14.8 Å². The molecule has 2 aromatic rings. The molecule has 6 nitrogen and oxygen atoms in total. The second-order valence-corrected chi connectivity index (χ2v) is 7.19. The van der Waals surface area contributed by atoms with Crippen molar-refractivity contribution in [2.45, 2.75) is 17.2 Å². The van der Waals surface area contributed by atoms with Gasteiger partial charge in [0.15, 0.2) is 6.10 Å². The summed E-state index contributed by atoms with van der Waals surface area (Å²) in [5.41, 5.74) is 0. The van der Waals surface area contributed by atoms with Gasteiger partial charge in [0.2, 0.25) is 0 Å². The minimum Gasteiger partial charge on any atom is -0.497 e. The van der Waals surface area contributed by atoms with Crippen molar-refractivity contribution in [3.05, 3.63) is 41.8 Å². The highest BCUT2D eigenvalue weighted by Crippen LogP contribution is 2.19. The second kappa shape index (κ2) is 6.80. The number of carbonyl (C=O) groups is 1. The van der Waals surface area contributed by atoms with Crippen LogP contribution < -0.4 is 14.2 Å². The number of nitrogens with one attached hydrogen (secondary N) is 1. The van der Waals surface area contributed by atoms with Crippen LogP contribution in [0.1, 0.15) is 6.92 Å². The molecular weight excluding hydrogens is 326 g/mol. The molecule has 0 aliphatic rings. The van der Waals surface area contributed by atoms with Gasteiger partial charge >= 0.3 is 0 Å². The summed E-state index contributed by atoms with van der Waals surface area (Å²) in [6, 6.07) is 9.66. The highest BCUT2D eigenvalue weighted by Gasteiger charge is 2.23. The molecule has 1 amide bonds. The van der Waals surface area contributed by atoms with E-state index < -0.39 is 22.0 Å². The fraction of sp³-hybridized carbons (Fsp3) is 0.214. The summed E-state index contributed by atoms with van der Waals surface area (Å²) in [7, 11) is -2.30. The summed E-state index contributed by atoms with van der Waals surface area (Å²) < 4.78 is 36.4. The van der Waals surface area contributed by atoms with Crippen molar-refractivity contribution < 1.29 is 22.7 Å². The van der Waals surface area contributed by atoms with Gasteiger partial charge in [-0.3, -0.25) is 4.79 Å². The van der Waals surface area contributed by atoms with E-state index in [1.54, 1.807) is 42.8 Å². The molecule has 0 saturated carbocycles. The van der Waals surface area contributed by atoms with E-state index >= 15 is 0 Å². The summed E-state index contributed by atoms with van der Waals surface area (Å²) >= 11 is 1.03. The van der Waals surface area contributed by atoms with Crippen LogP contribution in [-0.4, -0.2) is 27.5 Å². The van der Waals surface area contributed by atoms with Crippen molar-refractivity contribution in [2.24, 2.45) is 0 Å². The van der Waals surface area contributed by atoms with Crippen LogP contribution >= 0.6 is 11.3 Å². The van der Waals surface area contributed by atoms with Gasteiger partial charge in [-0.15, -0.1) is 11.3 Å². The molecule has 1 unspecified atom stereocenters. The van der Waals surface area contributed by atoms with Gasteiger partial charge in [0.1, 0.15) is 15.7 Å². The maximum absolute atomic E-state index is 12.0. The number of hydrogen-bond donors (Lipinski definition) is 1. The normalized spacial score (nSPS) is 12.5. The molecule has 0 saturated heterocycles. The summed E-state index contributed by atoms with van der Waals surface area (Å²) in [4.78, 5) is 11.9. The zero-order chi connectivity index (χ0) is 16.2. The second-order valence-electron chi connectivity index (χ2n) is 4.34. The average Bonchev–Trinajstić information content (AvgIpc) is 3.02. The highest BCUT2D eigenvalue weighted by atomic mass is 32.2. The Bertz CT molecular complexity index is 723. The molecule has 1 atom stereocenters. The van der Waals surface area contributed by atoms with E-state index in [0.29, 0.717) is 11.5 Å². The van der Waals surface area contributed by atoms with Crippen molar-refractivity contribution in [3.8, 4) is 11.5 Å². The van der Waals surface area contributed by atoms with Crippen LogP contribution in [0.5, 0.6) is 11.5 Å². The van der Waals surface area contributed by atoms with Gasteiger partial charge in [-0.05, 0) is 42.6 Å². The SMILES string of the molecule is COc1ccc(OC(C)C(=O)NS(=O)(=O)c2cccs2)cc1. The van der Waals surface area contributed by atoms with Crippen molar-refractivity contribution in [1.82, 2.24) is 4.72 Å². The number of carbonyl (C=O) groups excluding carboxylic acids is 1. The molecule has 0 spiro atoms.